The van der Waals surface area contributed by atoms with E-state index in [0.29, 0.717) is 19.6 Å². The van der Waals surface area contributed by atoms with Crippen LogP contribution in [0.25, 0.3) is 0 Å². The maximum atomic E-state index is 13.2. The summed E-state index contributed by atoms with van der Waals surface area (Å²) in [4.78, 5) is 28.5. The highest BCUT2D eigenvalue weighted by atomic mass is 35.5. The molecule has 0 aliphatic carbocycles. The summed E-state index contributed by atoms with van der Waals surface area (Å²) in [7, 11) is 2.02. The van der Waals surface area contributed by atoms with Crippen LogP contribution in [0.4, 0.5) is 0 Å². The molecule has 0 aromatic heterocycles. The molecule has 0 spiro atoms. The van der Waals surface area contributed by atoms with E-state index in [2.05, 4.69) is 10.2 Å². The fraction of sp³-hybridized carbons (Fsp3) is 0.462. The maximum Gasteiger partial charge on any atom is 0.329 e. The van der Waals surface area contributed by atoms with Crippen molar-refractivity contribution >= 4 is 35.1 Å². The van der Waals surface area contributed by atoms with Crippen LogP contribution in [0.2, 0.25) is 10.0 Å². The van der Waals surface area contributed by atoms with Crippen molar-refractivity contribution in [3.63, 3.8) is 0 Å². The van der Waals surface area contributed by atoms with E-state index in [0.717, 1.165) is 37.9 Å². The van der Waals surface area contributed by atoms with E-state index >= 15 is 0 Å². The highest BCUT2D eigenvalue weighted by Gasteiger charge is 2.29. The van der Waals surface area contributed by atoms with E-state index < -0.39 is 23.7 Å². The first kappa shape index (κ1) is 28.1. The van der Waals surface area contributed by atoms with Gasteiger partial charge in [0.25, 0.3) is 5.91 Å². The summed E-state index contributed by atoms with van der Waals surface area (Å²) in [6.45, 7) is 2.50. The number of benzene rings is 2. The van der Waals surface area contributed by atoms with E-state index in [-0.39, 0.29) is 33.9 Å². The quantitative estimate of drug-likeness (QED) is 0.295. The van der Waals surface area contributed by atoms with Crippen molar-refractivity contribution in [2.45, 2.75) is 44.2 Å². The number of esters is 1. The maximum absolute atomic E-state index is 13.2. The van der Waals surface area contributed by atoms with Gasteiger partial charge in [0.1, 0.15) is 17.2 Å². The fourth-order valence-electron chi connectivity index (χ4n) is 3.95. The molecule has 10 heteroatoms. The van der Waals surface area contributed by atoms with Gasteiger partial charge >= 0.3 is 5.97 Å². The molecule has 1 saturated heterocycles. The Morgan fingerprint density at radius 1 is 1.19 bits per heavy atom. The second-order valence-electron chi connectivity index (χ2n) is 8.90. The van der Waals surface area contributed by atoms with Crippen molar-refractivity contribution in [3.8, 4) is 11.5 Å². The largest absolute Gasteiger partial charge is 0.505 e. The summed E-state index contributed by atoms with van der Waals surface area (Å²) >= 11 is 12.6. The number of nitrogens with zero attached hydrogens (tertiary/aromatic N) is 1. The molecule has 1 heterocycles. The molecule has 0 radical (unpaired) electrons. The second-order valence-corrected chi connectivity index (χ2v) is 9.68. The third-order valence-corrected chi connectivity index (χ3v) is 6.69. The molecule has 1 amide bonds. The average molecular weight is 538 g/mol. The number of hydrogen-bond donors (Lipinski definition) is 3. The van der Waals surface area contributed by atoms with Gasteiger partial charge in [0.15, 0.2) is 11.5 Å². The van der Waals surface area contributed by atoms with Gasteiger partial charge < -0.3 is 30.5 Å². The van der Waals surface area contributed by atoms with Crippen molar-refractivity contribution in [1.29, 1.82) is 0 Å². The number of carbonyl (C=O) groups is 2. The number of ether oxygens (including phenoxy) is 2. The Bertz CT molecular complexity index is 1030. The number of amides is 1. The van der Waals surface area contributed by atoms with Crippen molar-refractivity contribution in [2.75, 3.05) is 33.3 Å². The second kappa shape index (κ2) is 13.7. The Hall–Kier alpha value is -2.52. The Morgan fingerprint density at radius 2 is 1.89 bits per heavy atom. The Morgan fingerprint density at radius 3 is 2.56 bits per heavy atom. The first-order valence-electron chi connectivity index (χ1n) is 12.1. The predicted octanol–water partition coefficient (Wildman–Crippen LogP) is 3.80. The van der Waals surface area contributed by atoms with Crippen molar-refractivity contribution in [1.82, 2.24) is 10.2 Å². The molecule has 1 unspecified atom stereocenters. The van der Waals surface area contributed by atoms with Gasteiger partial charge in [-0.05, 0) is 50.9 Å². The van der Waals surface area contributed by atoms with Crippen LogP contribution in [0.1, 0.15) is 41.6 Å². The van der Waals surface area contributed by atoms with Crippen LogP contribution < -0.4 is 15.8 Å². The Labute approximate surface area is 221 Å². The van der Waals surface area contributed by atoms with E-state index in [4.69, 9.17) is 38.4 Å². The average Bonchev–Trinajstić information content (AvgIpc) is 2.87. The molecule has 1 fully saturated rings. The first-order valence-corrected chi connectivity index (χ1v) is 12.8. The monoisotopic (exact) mass is 537 g/mol. The number of phenols is 1. The number of nitrogens with one attached hydrogen (secondary N) is 1. The fourth-order valence-corrected chi connectivity index (χ4v) is 4.51. The molecular formula is C26H33Cl2N3O5. The molecule has 196 valence electrons. The van der Waals surface area contributed by atoms with Crippen LogP contribution in [0, 0.1) is 0 Å². The van der Waals surface area contributed by atoms with Crippen LogP contribution in [-0.2, 0) is 16.0 Å². The molecular weight excluding hydrogens is 505 g/mol. The zero-order valence-corrected chi connectivity index (χ0v) is 21.9. The molecule has 2 aromatic rings. The molecule has 2 aromatic carbocycles. The Balaban J connectivity index is 1.76. The third kappa shape index (κ3) is 7.74. The molecule has 1 aliphatic heterocycles. The SMILES string of the molecule is CN1CCC(OC(=O)C(Cc2ccccc2)NC(=O)c2cc(Cl)c(OCCCCN)c(Cl)c2O)CC1. The topological polar surface area (TPSA) is 114 Å². The summed E-state index contributed by atoms with van der Waals surface area (Å²) in [6.07, 6.45) is 2.92. The number of piperidine rings is 1. The number of nitrogens with two attached hydrogens (primary N) is 1. The molecule has 36 heavy (non-hydrogen) atoms. The van der Waals surface area contributed by atoms with Crippen LogP contribution in [-0.4, -0.2) is 67.3 Å². The van der Waals surface area contributed by atoms with Crippen LogP contribution in [0.15, 0.2) is 36.4 Å². The van der Waals surface area contributed by atoms with Crippen LogP contribution in [0.5, 0.6) is 11.5 Å². The highest BCUT2D eigenvalue weighted by molar-refractivity contribution is 6.39. The highest BCUT2D eigenvalue weighted by Crippen LogP contribution is 2.42. The van der Waals surface area contributed by atoms with Crippen molar-refractivity contribution in [2.24, 2.45) is 5.73 Å². The minimum Gasteiger partial charge on any atom is -0.505 e. The third-order valence-electron chi connectivity index (χ3n) is 6.06. The summed E-state index contributed by atoms with van der Waals surface area (Å²) in [5, 5.41) is 13.2. The first-order chi connectivity index (χ1) is 17.3. The molecule has 3 rings (SSSR count). The molecule has 0 bridgehead atoms. The number of carbonyl (C=O) groups excluding carboxylic acids is 2. The number of aromatic hydroxyl groups is 1. The minimum absolute atomic E-state index is 0.0733. The van der Waals surface area contributed by atoms with Crippen LogP contribution >= 0.6 is 23.2 Å². The van der Waals surface area contributed by atoms with Gasteiger partial charge in [-0.15, -0.1) is 0 Å². The number of likely N-dealkylation sites (tertiary alicyclic amines) is 1. The van der Waals surface area contributed by atoms with Gasteiger partial charge in [-0.25, -0.2) is 4.79 Å². The lowest BCUT2D eigenvalue weighted by molar-refractivity contribution is -0.153. The zero-order chi connectivity index (χ0) is 26.1. The zero-order valence-electron chi connectivity index (χ0n) is 20.3. The molecule has 0 saturated carbocycles. The lowest BCUT2D eigenvalue weighted by Crippen LogP contribution is -2.45. The molecule has 1 atom stereocenters. The van der Waals surface area contributed by atoms with Gasteiger partial charge in [-0.2, -0.15) is 0 Å². The lowest BCUT2D eigenvalue weighted by atomic mass is 10.0. The van der Waals surface area contributed by atoms with Gasteiger partial charge in [0.2, 0.25) is 0 Å². The number of hydrogen-bond acceptors (Lipinski definition) is 7. The smallest absolute Gasteiger partial charge is 0.329 e. The predicted molar refractivity (Wildman–Crippen MR) is 140 cm³/mol. The molecule has 4 N–H and O–H groups in total. The van der Waals surface area contributed by atoms with E-state index in [9.17, 15) is 14.7 Å². The summed E-state index contributed by atoms with van der Waals surface area (Å²) < 4.78 is 11.3. The summed E-state index contributed by atoms with van der Waals surface area (Å²) in [6, 6.07) is 9.62. The molecule has 1 aliphatic rings. The summed E-state index contributed by atoms with van der Waals surface area (Å²) in [5.41, 5.74) is 6.17. The van der Waals surface area contributed by atoms with Gasteiger partial charge in [0.05, 0.1) is 17.2 Å². The van der Waals surface area contributed by atoms with Gasteiger partial charge in [0, 0.05) is 19.5 Å². The molecule has 8 nitrogen and oxygen atoms in total. The lowest BCUT2D eigenvalue weighted by Gasteiger charge is -2.30. The van der Waals surface area contributed by atoms with Crippen molar-refractivity contribution < 1.29 is 24.2 Å². The number of halogens is 2. The minimum atomic E-state index is -0.969. The summed E-state index contributed by atoms with van der Waals surface area (Å²) in [5.74, 6) is -1.62. The Kier molecular flexibility index (Phi) is 10.7. The number of unbranched alkanes of at least 4 members (excludes halogenated alkanes) is 1. The van der Waals surface area contributed by atoms with Gasteiger partial charge in [-0.3, -0.25) is 4.79 Å². The number of rotatable bonds is 11. The van der Waals surface area contributed by atoms with Crippen molar-refractivity contribution in [3.05, 3.63) is 57.6 Å². The van der Waals surface area contributed by atoms with Gasteiger partial charge in [-0.1, -0.05) is 53.5 Å². The van der Waals surface area contributed by atoms with E-state index in [1.807, 2.05) is 37.4 Å². The normalized spacial score (nSPS) is 15.3. The van der Waals surface area contributed by atoms with Crippen LogP contribution in [0.3, 0.4) is 0 Å². The number of phenolic OH excluding ortho intramolecular Hbond substituents is 1. The standard InChI is InChI=1S/C26H33Cl2N3O5/c1-31-12-9-18(10-13-31)36-26(34)21(15-17-7-3-2-4-8-17)30-25(33)19-16-20(27)24(22(28)23(19)32)35-14-6-5-11-29/h2-4,7-8,16,18,21,32H,5-6,9-15,29H2,1H3,(H,30,33). The van der Waals surface area contributed by atoms with E-state index in [1.54, 1.807) is 0 Å². The van der Waals surface area contributed by atoms with E-state index in [1.165, 1.54) is 6.07 Å².